The van der Waals surface area contributed by atoms with Crippen LogP contribution in [-0.4, -0.2) is 64.1 Å². The van der Waals surface area contributed by atoms with E-state index in [0.717, 1.165) is 26.0 Å². The summed E-state index contributed by atoms with van der Waals surface area (Å²) in [6.07, 6.45) is 1.67. The fraction of sp³-hybridized carbons (Fsp3) is 0.462. The van der Waals surface area contributed by atoms with E-state index in [1.165, 1.54) is 11.1 Å². The van der Waals surface area contributed by atoms with Crippen molar-refractivity contribution in [2.24, 2.45) is 5.92 Å². The zero-order valence-electron chi connectivity index (χ0n) is 20.0. The van der Waals surface area contributed by atoms with Gasteiger partial charge in [0.15, 0.2) is 0 Å². The van der Waals surface area contributed by atoms with E-state index in [1.54, 1.807) is 0 Å². The van der Waals surface area contributed by atoms with Gasteiger partial charge in [-0.3, -0.25) is 4.90 Å². The van der Waals surface area contributed by atoms with E-state index >= 15 is 0 Å². The molecule has 3 N–H and O–H groups in total. The molecule has 0 saturated heterocycles. The Balaban J connectivity index is 0.000000801. The van der Waals surface area contributed by atoms with Gasteiger partial charge < -0.3 is 20.1 Å². The summed E-state index contributed by atoms with van der Waals surface area (Å²) >= 11 is 0. The number of ether oxygens (including phenoxy) is 1. The molecule has 0 radical (unpaired) electrons. The minimum atomic E-state index is -1.82. The third kappa shape index (κ3) is 10.2. The summed E-state index contributed by atoms with van der Waals surface area (Å²) in [5, 5.41) is 26.3. The molecule has 0 aliphatic rings. The lowest BCUT2D eigenvalue weighted by atomic mass is 9.78. The van der Waals surface area contributed by atoms with Crippen molar-refractivity contribution in [3.8, 4) is 0 Å². The zero-order chi connectivity index (χ0) is 24.9. The molecule has 3 atom stereocenters. The van der Waals surface area contributed by atoms with Crippen molar-refractivity contribution >= 4 is 11.9 Å². The smallest absolute Gasteiger partial charge is 0.414 e. The molecule has 2 aromatic rings. The number of hydrogen-bond donors (Lipinski definition) is 3. The van der Waals surface area contributed by atoms with Crippen molar-refractivity contribution in [3.63, 3.8) is 0 Å². The third-order valence-electron chi connectivity index (χ3n) is 5.83. The van der Waals surface area contributed by atoms with Gasteiger partial charge in [-0.15, -0.1) is 0 Å². The monoisotopic (exact) mass is 459 g/mol. The number of carboxylic acids is 2. The van der Waals surface area contributed by atoms with Crippen LogP contribution in [0, 0.1) is 5.92 Å². The molecule has 7 nitrogen and oxygen atoms in total. The standard InChI is InChI=1S/C24H35NO2.C2H2O4/c1-5-27-17-16-20(2)24(3,26)23(18-21-12-8-6-9-13-21)25(4)19-22-14-10-7-11-15-22;3-1(4)2(5)6/h6-15,20,23,26H,5,16-19H2,1-4H3;(H,3,4)(H,5,6). The molecule has 3 unspecified atom stereocenters. The van der Waals surface area contributed by atoms with E-state index in [-0.39, 0.29) is 12.0 Å². The Morgan fingerprint density at radius 1 is 0.970 bits per heavy atom. The second kappa shape index (κ2) is 14.4. The highest BCUT2D eigenvalue weighted by Crippen LogP contribution is 2.30. The number of nitrogens with zero attached hydrogens (tertiary/aromatic N) is 1. The number of aliphatic carboxylic acids is 2. The molecule has 7 heteroatoms. The second-order valence-corrected chi connectivity index (χ2v) is 8.33. The third-order valence-corrected chi connectivity index (χ3v) is 5.83. The lowest BCUT2D eigenvalue weighted by molar-refractivity contribution is -0.159. The second-order valence-electron chi connectivity index (χ2n) is 8.33. The minimum absolute atomic E-state index is 0.0109. The molecule has 2 rings (SSSR count). The van der Waals surface area contributed by atoms with Crippen molar-refractivity contribution in [1.82, 2.24) is 4.90 Å². The van der Waals surface area contributed by atoms with Crippen molar-refractivity contribution in [3.05, 3.63) is 71.8 Å². The summed E-state index contributed by atoms with van der Waals surface area (Å²) in [5.74, 6) is -3.51. The molecule has 0 heterocycles. The molecule has 0 aliphatic carbocycles. The fourth-order valence-corrected chi connectivity index (χ4v) is 3.65. The van der Waals surface area contributed by atoms with Crippen LogP contribution >= 0.6 is 0 Å². The molecule has 33 heavy (non-hydrogen) atoms. The van der Waals surface area contributed by atoms with E-state index in [9.17, 15) is 5.11 Å². The van der Waals surface area contributed by atoms with Crippen LogP contribution in [0.2, 0.25) is 0 Å². The average Bonchev–Trinajstić information content (AvgIpc) is 2.79. The van der Waals surface area contributed by atoms with Gasteiger partial charge in [-0.25, -0.2) is 9.59 Å². The average molecular weight is 460 g/mol. The number of benzene rings is 2. The molecule has 0 fully saturated rings. The van der Waals surface area contributed by atoms with Crippen molar-refractivity contribution in [2.45, 2.75) is 51.8 Å². The van der Waals surface area contributed by atoms with Gasteiger partial charge in [0.2, 0.25) is 0 Å². The van der Waals surface area contributed by atoms with Gasteiger partial charge in [-0.1, -0.05) is 67.6 Å². The Labute approximate surface area is 196 Å². The van der Waals surface area contributed by atoms with E-state index in [2.05, 4.69) is 67.4 Å². The molecule has 2 aromatic carbocycles. The molecular weight excluding hydrogens is 422 g/mol. The molecule has 0 saturated carbocycles. The van der Waals surface area contributed by atoms with Gasteiger partial charge in [0.25, 0.3) is 0 Å². The quantitative estimate of drug-likeness (QED) is 0.347. The highest BCUT2D eigenvalue weighted by Gasteiger charge is 2.39. The minimum Gasteiger partial charge on any atom is -0.473 e. The lowest BCUT2D eigenvalue weighted by Gasteiger charge is -2.43. The zero-order valence-corrected chi connectivity index (χ0v) is 20.0. The predicted octanol–water partition coefficient (Wildman–Crippen LogP) is 3.70. The first-order valence-electron chi connectivity index (χ1n) is 11.1. The largest absolute Gasteiger partial charge is 0.473 e. The van der Waals surface area contributed by atoms with Gasteiger partial charge in [-0.2, -0.15) is 0 Å². The summed E-state index contributed by atoms with van der Waals surface area (Å²) in [7, 11) is 2.12. The highest BCUT2D eigenvalue weighted by atomic mass is 16.5. The predicted molar refractivity (Wildman–Crippen MR) is 128 cm³/mol. The van der Waals surface area contributed by atoms with Crippen LogP contribution in [0.1, 0.15) is 38.3 Å². The van der Waals surface area contributed by atoms with Crippen molar-refractivity contribution in [1.29, 1.82) is 0 Å². The first kappa shape index (κ1) is 28.3. The Morgan fingerprint density at radius 3 is 1.91 bits per heavy atom. The summed E-state index contributed by atoms with van der Waals surface area (Å²) in [5.41, 5.74) is 1.69. The Morgan fingerprint density at radius 2 is 1.45 bits per heavy atom. The number of likely N-dealkylation sites (N-methyl/N-ethyl adjacent to an activating group) is 1. The van der Waals surface area contributed by atoms with Crippen molar-refractivity contribution in [2.75, 3.05) is 20.3 Å². The van der Waals surface area contributed by atoms with Crippen LogP contribution in [0.25, 0.3) is 0 Å². The van der Waals surface area contributed by atoms with E-state index in [1.807, 2.05) is 26.0 Å². The Bertz CT molecular complexity index is 813. The Kier molecular flexibility index (Phi) is 12.4. The first-order chi connectivity index (χ1) is 15.6. The van der Waals surface area contributed by atoms with E-state index in [4.69, 9.17) is 24.5 Å². The van der Waals surface area contributed by atoms with Gasteiger partial charge in [-0.05, 0) is 50.8 Å². The van der Waals surface area contributed by atoms with Crippen LogP contribution in [0.4, 0.5) is 0 Å². The fourth-order valence-electron chi connectivity index (χ4n) is 3.65. The molecule has 0 bridgehead atoms. The number of rotatable bonds is 11. The maximum atomic E-state index is 11.6. The molecular formula is C26H37NO6. The number of aliphatic hydroxyl groups is 1. The van der Waals surface area contributed by atoms with Crippen LogP contribution in [0.3, 0.4) is 0 Å². The van der Waals surface area contributed by atoms with Crippen LogP contribution in [-0.2, 0) is 27.3 Å². The maximum absolute atomic E-state index is 11.6. The lowest BCUT2D eigenvalue weighted by Crippen LogP contribution is -2.54. The summed E-state index contributed by atoms with van der Waals surface area (Å²) < 4.78 is 5.53. The number of carbonyl (C=O) groups is 2. The molecule has 0 aliphatic heterocycles. The van der Waals surface area contributed by atoms with Gasteiger partial charge in [0.1, 0.15) is 0 Å². The first-order valence-corrected chi connectivity index (χ1v) is 11.1. The summed E-state index contributed by atoms with van der Waals surface area (Å²) in [6, 6.07) is 20.9. The van der Waals surface area contributed by atoms with Gasteiger partial charge >= 0.3 is 11.9 Å². The summed E-state index contributed by atoms with van der Waals surface area (Å²) in [6.45, 7) is 8.35. The molecule has 0 spiro atoms. The maximum Gasteiger partial charge on any atom is 0.414 e. The molecule has 0 aromatic heterocycles. The van der Waals surface area contributed by atoms with Crippen LogP contribution in [0.5, 0.6) is 0 Å². The summed E-state index contributed by atoms with van der Waals surface area (Å²) in [4.78, 5) is 20.5. The molecule has 0 amide bonds. The highest BCUT2D eigenvalue weighted by molar-refractivity contribution is 6.27. The van der Waals surface area contributed by atoms with E-state index in [0.29, 0.717) is 6.61 Å². The topological polar surface area (TPSA) is 107 Å². The number of hydrogen-bond acceptors (Lipinski definition) is 5. The van der Waals surface area contributed by atoms with E-state index < -0.39 is 17.5 Å². The Hall–Kier alpha value is -2.74. The van der Waals surface area contributed by atoms with Crippen molar-refractivity contribution < 1.29 is 29.6 Å². The van der Waals surface area contributed by atoms with Crippen LogP contribution < -0.4 is 0 Å². The van der Waals surface area contributed by atoms with Gasteiger partial charge in [0.05, 0.1) is 5.60 Å². The normalized spacial score (nSPS) is 14.5. The van der Waals surface area contributed by atoms with Crippen LogP contribution in [0.15, 0.2) is 60.7 Å². The number of carboxylic acid groups (broad SMARTS) is 2. The van der Waals surface area contributed by atoms with Gasteiger partial charge in [0, 0.05) is 25.8 Å². The molecule has 182 valence electrons. The SMILES string of the molecule is CCOCCC(C)C(C)(O)C(Cc1ccccc1)N(C)Cc1ccccc1.O=C(O)C(=O)O.